The van der Waals surface area contributed by atoms with Crippen LogP contribution in [0.4, 0.5) is 0 Å². The molecule has 4 rings (SSSR count). The topological polar surface area (TPSA) is 0 Å². The van der Waals surface area contributed by atoms with Gasteiger partial charge in [-0.1, -0.05) is 238 Å². The molecule has 3 aromatic rings. The monoisotopic (exact) mass is 1020 g/mol. The predicted octanol–water partition coefficient (Wildman–Crippen LogP) is 8.16. The van der Waals surface area contributed by atoms with Gasteiger partial charge in [0, 0.05) is 0 Å². The van der Waals surface area contributed by atoms with Crippen LogP contribution in [0.1, 0.15) is 249 Å². The van der Waals surface area contributed by atoms with E-state index in [-0.39, 0.29) is 58.9 Å². The third-order valence-electron chi connectivity index (χ3n) is 14.3. The summed E-state index contributed by atoms with van der Waals surface area (Å²) in [5.74, 6) is 0.478. The number of aryl methyl sites for hydroxylation is 6. The second-order valence-electron chi connectivity index (χ2n) is 20.4. The molecule has 0 N–H and O–H groups in total. The Bertz CT molecular complexity index is 1530. The molecular weight excluding hydrogens is 927 g/mol. The first kappa shape index (κ1) is 65.9. The third kappa shape index (κ3) is 22.1. The van der Waals surface area contributed by atoms with Crippen LogP contribution < -0.4 is 52.8 Å². The zero-order valence-corrected chi connectivity index (χ0v) is 49.2. The van der Waals surface area contributed by atoms with Crippen LogP contribution in [0.15, 0.2) is 71.4 Å². The van der Waals surface area contributed by atoms with E-state index in [1.165, 1.54) is 198 Å². The van der Waals surface area contributed by atoms with Crippen molar-refractivity contribution in [3.05, 3.63) is 111 Å². The smallest absolute Gasteiger partial charge is 1.00 e. The van der Waals surface area contributed by atoms with Crippen molar-refractivity contribution in [2.24, 2.45) is 5.92 Å². The molecule has 5 heteroatoms. The predicted molar refractivity (Wildman–Crippen MR) is 285 cm³/mol. The Balaban J connectivity index is 0.0000109. The van der Waals surface area contributed by atoms with Crippen LogP contribution in [0.5, 0.6) is 0 Å². The molecule has 67 heavy (non-hydrogen) atoms. The quantitative estimate of drug-likeness (QED) is 0.0242. The molecule has 0 nitrogen and oxygen atoms in total. The fourth-order valence-corrected chi connectivity index (χ4v) is 15.7. The summed E-state index contributed by atoms with van der Waals surface area (Å²) in [5.41, 5.74) is 11.0. The molecule has 0 amide bonds. The van der Waals surface area contributed by atoms with Crippen molar-refractivity contribution in [3.8, 4) is 0 Å². The minimum atomic E-state index is -2.84. The van der Waals surface area contributed by atoms with Crippen molar-refractivity contribution < 1.29 is 58.9 Å². The van der Waals surface area contributed by atoms with Gasteiger partial charge in [0.15, 0.2) is 8.07 Å². The maximum atomic E-state index is 4.34. The molecule has 0 atom stereocenters. The van der Waals surface area contributed by atoms with Crippen molar-refractivity contribution in [2.75, 3.05) is 0 Å². The second kappa shape index (κ2) is 38.6. The third-order valence-corrected chi connectivity index (χ3v) is 19.0. The normalized spacial score (nSPS) is 12.3. The Kier molecular flexibility index (Phi) is 38.0. The molecule has 374 valence electrons. The van der Waals surface area contributed by atoms with Crippen molar-refractivity contribution in [1.82, 2.24) is 0 Å². The van der Waals surface area contributed by atoms with Gasteiger partial charge in [-0.05, 0) is 126 Å². The fraction of sp³-hybridized carbons (Fsp3) is 0.645. The summed E-state index contributed by atoms with van der Waals surface area (Å²) in [7, 11) is -2.84. The summed E-state index contributed by atoms with van der Waals surface area (Å²) in [6.45, 7) is 18.9. The number of allylic oxidation sites excluding steroid dienone is 4. The number of unbranched alkanes of at least 4 members (excludes halogenated alkanes) is 18. The Morgan fingerprint density at radius 3 is 0.806 bits per heavy atom. The first-order valence-electron chi connectivity index (χ1n) is 27.6. The van der Waals surface area contributed by atoms with Crippen LogP contribution in [-0.2, 0) is 60.2 Å². The largest absolute Gasteiger partial charge is 4.00 e. The molecule has 3 aromatic carbocycles. The maximum Gasteiger partial charge on any atom is 4.00 e. The molecule has 0 radical (unpaired) electrons. The first-order valence-corrected chi connectivity index (χ1v) is 29.6. The van der Waals surface area contributed by atoms with Gasteiger partial charge < -0.3 is 37.2 Å². The van der Waals surface area contributed by atoms with E-state index in [4.69, 9.17) is 0 Å². The minimum absolute atomic E-state index is 0. The summed E-state index contributed by atoms with van der Waals surface area (Å²) in [5, 5.41) is 6.58. The summed E-state index contributed by atoms with van der Waals surface area (Å²) in [6, 6.07) is 24.6. The first-order chi connectivity index (χ1) is 30.8. The van der Waals surface area contributed by atoms with E-state index in [1.807, 2.05) is 0 Å². The van der Waals surface area contributed by atoms with Gasteiger partial charge in [0.25, 0.3) is 0 Å². The molecule has 0 heterocycles. The van der Waals surface area contributed by atoms with E-state index >= 15 is 0 Å². The van der Waals surface area contributed by atoms with Gasteiger partial charge in [0.1, 0.15) is 0 Å². The Morgan fingerprint density at radius 2 is 0.612 bits per heavy atom. The van der Waals surface area contributed by atoms with Crippen LogP contribution in [0.3, 0.4) is 0 Å². The van der Waals surface area contributed by atoms with Crippen molar-refractivity contribution in [1.29, 1.82) is 0 Å². The second-order valence-corrected chi connectivity index (χ2v) is 24.2. The van der Waals surface area contributed by atoms with Crippen molar-refractivity contribution >= 4 is 23.6 Å². The number of rotatable bonds is 35. The van der Waals surface area contributed by atoms with E-state index in [2.05, 4.69) is 122 Å². The van der Waals surface area contributed by atoms with Crippen LogP contribution in [0.2, 0.25) is 0 Å². The number of benzene rings is 3. The average Bonchev–Trinajstić information content (AvgIpc) is 3.79. The van der Waals surface area contributed by atoms with Crippen LogP contribution in [0.25, 0.3) is 0 Å². The van der Waals surface area contributed by atoms with Crippen LogP contribution in [0, 0.1) is 12.0 Å². The zero-order valence-electron chi connectivity index (χ0n) is 44.4. The molecule has 0 saturated carbocycles. The SMILES string of the molecule is CCCCCCc1cc(CCCCCC)cc([Si](C2=[C-]C(C(C)C)=CC2)(c2cc(CCCCCC)cc(CCCCCC)c2)c2cc(CCCCCC)cc(CCCCCC)c2)c1.[Cl-].[Cl-].[Cl-].[Ti+4]. The van der Waals surface area contributed by atoms with Crippen molar-refractivity contribution in [3.63, 3.8) is 0 Å². The molecule has 0 fully saturated rings. The molecule has 0 spiro atoms. The van der Waals surface area contributed by atoms with E-state index in [0.29, 0.717) is 5.92 Å². The number of hydrogen-bond acceptors (Lipinski definition) is 0. The Hall–Kier alpha value is -1.06. The van der Waals surface area contributed by atoms with E-state index < -0.39 is 8.07 Å². The number of hydrogen-bond donors (Lipinski definition) is 0. The summed E-state index contributed by atoms with van der Waals surface area (Å²) in [6.07, 6.45) is 46.6. The standard InChI is InChI=1S/C62H97Si.3ClH.Ti/c1-9-15-21-27-33-52-41-53(34-28-22-16-10-2)45-60(44-52)63(59-40-39-58(50-59)51(7)8,61-46-54(35-29-23-17-11-3)42-55(47-61)36-30-24-18-12-4)62-48-56(37-31-25-19-13-5)43-57(49-62)38-32-26-20-14-6;;;;/h39,41-49,51H,9-38,40H2,1-8H3;3*1H;/q-1;;;;+4/p-3. The van der Waals surface area contributed by atoms with E-state index in [0.717, 1.165) is 6.42 Å². The van der Waals surface area contributed by atoms with E-state index in [9.17, 15) is 0 Å². The molecule has 0 saturated heterocycles. The van der Waals surface area contributed by atoms with Gasteiger partial charge in [-0.25, -0.2) is 11.6 Å². The molecule has 1 aliphatic rings. The fourth-order valence-electron chi connectivity index (χ4n) is 10.5. The van der Waals surface area contributed by atoms with Gasteiger partial charge in [-0.3, -0.25) is 6.08 Å². The number of halogens is 3. The summed E-state index contributed by atoms with van der Waals surface area (Å²) >= 11 is 0. The maximum absolute atomic E-state index is 4.34. The van der Waals surface area contributed by atoms with Gasteiger partial charge in [0.2, 0.25) is 0 Å². The summed E-state index contributed by atoms with van der Waals surface area (Å²) < 4.78 is 0. The molecule has 0 aliphatic heterocycles. The van der Waals surface area contributed by atoms with Gasteiger partial charge >= 0.3 is 21.7 Å². The molecule has 0 bridgehead atoms. The zero-order chi connectivity index (χ0) is 45.1. The van der Waals surface area contributed by atoms with Gasteiger partial charge in [0.05, 0.1) is 0 Å². The molecular formula is C62H97Cl3SiTi. The van der Waals surface area contributed by atoms with Gasteiger partial charge in [-0.15, -0.1) is 0 Å². The van der Waals surface area contributed by atoms with Crippen molar-refractivity contribution in [2.45, 2.75) is 254 Å². The van der Waals surface area contributed by atoms with Crippen LogP contribution >= 0.6 is 0 Å². The molecule has 0 aromatic heterocycles. The molecule has 0 unspecified atom stereocenters. The van der Waals surface area contributed by atoms with Gasteiger partial charge in [-0.2, -0.15) is 5.20 Å². The summed E-state index contributed by atoms with van der Waals surface area (Å²) in [4.78, 5) is 0. The average molecular weight is 1020 g/mol. The Labute approximate surface area is 450 Å². The Morgan fingerprint density at radius 1 is 0.373 bits per heavy atom. The van der Waals surface area contributed by atoms with E-state index in [1.54, 1.807) is 54.1 Å². The molecule has 1 aliphatic carbocycles. The van der Waals surface area contributed by atoms with Crippen LogP contribution in [-0.4, -0.2) is 8.07 Å². The minimum Gasteiger partial charge on any atom is -1.00 e.